The zero-order chi connectivity index (χ0) is 24.7. The van der Waals surface area contributed by atoms with Gasteiger partial charge in [0.2, 0.25) is 5.91 Å². The maximum atomic E-state index is 12.3. The molecule has 35 heavy (non-hydrogen) atoms. The fraction of sp³-hybridized carbons (Fsp3) is 0.440. The van der Waals surface area contributed by atoms with E-state index in [4.69, 9.17) is 15.8 Å². The van der Waals surface area contributed by atoms with Crippen molar-refractivity contribution in [1.82, 2.24) is 35.0 Å². The van der Waals surface area contributed by atoms with Gasteiger partial charge < -0.3 is 11.1 Å². The lowest BCUT2D eigenvalue weighted by Crippen LogP contribution is -2.35. The monoisotopic (exact) mass is 536 g/mol. The van der Waals surface area contributed by atoms with Crippen molar-refractivity contribution in [2.75, 3.05) is 7.05 Å². The molecule has 0 radical (unpaired) electrons. The van der Waals surface area contributed by atoms with Crippen LogP contribution in [0, 0.1) is 11.3 Å². The highest BCUT2D eigenvalue weighted by molar-refractivity contribution is 9.10. The second-order valence-electron chi connectivity index (χ2n) is 9.65. The normalized spacial score (nSPS) is 21.0. The predicted molar refractivity (Wildman–Crippen MR) is 138 cm³/mol. The molecule has 10 heteroatoms. The summed E-state index contributed by atoms with van der Waals surface area (Å²) < 4.78 is 2.49. The summed E-state index contributed by atoms with van der Waals surface area (Å²) in [6.07, 6.45) is 9.38. The Labute approximate surface area is 212 Å². The fourth-order valence-electron chi connectivity index (χ4n) is 5.20. The summed E-state index contributed by atoms with van der Waals surface area (Å²) in [6.45, 7) is 4.10. The Morgan fingerprint density at radius 3 is 2.89 bits per heavy atom. The first-order valence-corrected chi connectivity index (χ1v) is 12.7. The van der Waals surface area contributed by atoms with Gasteiger partial charge >= 0.3 is 0 Å². The fourth-order valence-corrected chi connectivity index (χ4v) is 5.64. The van der Waals surface area contributed by atoms with Crippen LogP contribution in [0.15, 0.2) is 35.3 Å². The van der Waals surface area contributed by atoms with Gasteiger partial charge in [0.05, 0.1) is 22.1 Å². The smallest absolute Gasteiger partial charge is 0.225 e. The van der Waals surface area contributed by atoms with Gasteiger partial charge in [-0.3, -0.25) is 14.8 Å². The van der Waals surface area contributed by atoms with E-state index in [0.29, 0.717) is 16.2 Å². The van der Waals surface area contributed by atoms with Crippen LogP contribution < -0.4 is 11.1 Å². The summed E-state index contributed by atoms with van der Waals surface area (Å²) in [5.41, 5.74) is 10.1. The minimum atomic E-state index is -0.325. The van der Waals surface area contributed by atoms with E-state index in [0.717, 1.165) is 65.6 Å². The molecule has 3 atom stereocenters. The summed E-state index contributed by atoms with van der Waals surface area (Å²) in [6, 6.07) is 3.82. The van der Waals surface area contributed by atoms with E-state index >= 15 is 0 Å². The number of halogens is 1. The highest BCUT2D eigenvalue weighted by atomic mass is 79.9. The van der Waals surface area contributed by atoms with Crippen molar-refractivity contribution in [2.24, 2.45) is 17.1 Å². The molecule has 1 aliphatic carbocycles. The van der Waals surface area contributed by atoms with Gasteiger partial charge in [0.15, 0.2) is 5.65 Å². The Bertz CT molecular complexity index is 1420. The Morgan fingerprint density at radius 1 is 1.31 bits per heavy atom. The lowest BCUT2D eigenvalue weighted by atomic mass is 9.86. The number of hydrogen-bond acceptors (Lipinski definition) is 7. The molecule has 3 aromatic heterocycles. The first-order chi connectivity index (χ1) is 16.8. The first-order valence-electron chi connectivity index (χ1n) is 12.0. The van der Waals surface area contributed by atoms with E-state index in [1.165, 1.54) is 0 Å². The van der Waals surface area contributed by atoms with Crippen LogP contribution in [0.4, 0.5) is 0 Å². The molecule has 0 unspecified atom stereocenters. The van der Waals surface area contributed by atoms with Crippen LogP contribution >= 0.6 is 15.9 Å². The molecule has 1 amide bonds. The number of nitrogens with zero attached hydrogens (tertiary/aromatic N) is 6. The van der Waals surface area contributed by atoms with E-state index in [-0.39, 0.29) is 17.4 Å². The van der Waals surface area contributed by atoms with Crippen molar-refractivity contribution in [2.45, 2.75) is 52.0 Å². The summed E-state index contributed by atoms with van der Waals surface area (Å²) in [7, 11) is 1.70. The Hall–Kier alpha value is -2.98. The minimum absolute atomic E-state index is 0.110. The van der Waals surface area contributed by atoms with Gasteiger partial charge in [0.25, 0.3) is 0 Å². The topological polar surface area (TPSA) is 125 Å². The SMILES string of the molecule is CC[C@@H](N)c1cc(-n2nc(Br)c3cnc(C[C@@H]4CC[C@@](C)(C(=O)NC)C4)nc32)cc2nccnc12. The molecule has 0 saturated heterocycles. The van der Waals surface area contributed by atoms with Crippen molar-refractivity contribution in [3.63, 3.8) is 0 Å². The summed E-state index contributed by atoms with van der Waals surface area (Å²) in [5, 5.41) is 8.35. The van der Waals surface area contributed by atoms with Gasteiger partial charge in [0, 0.05) is 43.5 Å². The van der Waals surface area contributed by atoms with E-state index in [1.54, 1.807) is 19.4 Å². The molecular formula is C25H29BrN8O. The average Bonchev–Trinajstić information content (AvgIpc) is 3.42. The van der Waals surface area contributed by atoms with E-state index in [9.17, 15) is 4.79 Å². The predicted octanol–water partition coefficient (Wildman–Crippen LogP) is 4.03. The number of fused-ring (bicyclic) bond motifs is 2. The number of carbonyl (C=O) groups excluding carboxylic acids is 1. The van der Waals surface area contributed by atoms with Crippen molar-refractivity contribution >= 4 is 43.9 Å². The number of aromatic nitrogens is 6. The van der Waals surface area contributed by atoms with Crippen LogP contribution in [0.1, 0.15) is 57.0 Å². The van der Waals surface area contributed by atoms with Gasteiger partial charge in [-0.1, -0.05) is 13.8 Å². The van der Waals surface area contributed by atoms with Crippen LogP contribution in [-0.2, 0) is 11.2 Å². The lowest BCUT2D eigenvalue weighted by Gasteiger charge is -2.21. The van der Waals surface area contributed by atoms with Crippen molar-refractivity contribution in [3.05, 3.63) is 46.7 Å². The number of rotatable bonds is 6. The number of benzene rings is 1. The third-order valence-electron chi connectivity index (χ3n) is 7.19. The number of nitrogens with one attached hydrogen (secondary N) is 1. The summed E-state index contributed by atoms with van der Waals surface area (Å²) in [4.78, 5) is 30.9. The number of hydrogen-bond donors (Lipinski definition) is 2. The molecule has 1 aromatic carbocycles. The Morgan fingerprint density at radius 2 is 2.11 bits per heavy atom. The maximum absolute atomic E-state index is 12.3. The first kappa shape index (κ1) is 23.7. The van der Waals surface area contributed by atoms with Gasteiger partial charge in [-0.15, -0.1) is 0 Å². The van der Waals surface area contributed by atoms with Gasteiger partial charge in [-0.2, -0.15) is 5.10 Å². The van der Waals surface area contributed by atoms with E-state index in [2.05, 4.69) is 43.1 Å². The van der Waals surface area contributed by atoms with Crippen LogP contribution in [0.25, 0.3) is 27.8 Å². The van der Waals surface area contributed by atoms with Crippen LogP contribution in [0.2, 0.25) is 0 Å². The van der Waals surface area contributed by atoms with Crippen molar-refractivity contribution < 1.29 is 4.79 Å². The molecular weight excluding hydrogens is 508 g/mol. The third-order valence-corrected chi connectivity index (χ3v) is 7.78. The van der Waals surface area contributed by atoms with Crippen LogP contribution in [-0.4, -0.2) is 42.7 Å². The number of nitrogens with two attached hydrogens (primary N) is 1. The molecule has 1 saturated carbocycles. The van der Waals surface area contributed by atoms with Gasteiger partial charge in [0.1, 0.15) is 10.4 Å². The average molecular weight is 537 g/mol. The van der Waals surface area contributed by atoms with Crippen molar-refractivity contribution in [3.8, 4) is 5.69 Å². The second-order valence-corrected chi connectivity index (χ2v) is 10.4. The third kappa shape index (κ3) is 4.29. The molecule has 1 fully saturated rings. The highest BCUT2D eigenvalue weighted by Gasteiger charge is 2.40. The van der Waals surface area contributed by atoms with Crippen LogP contribution in [0.5, 0.6) is 0 Å². The molecule has 3 heterocycles. The number of amides is 1. The summed E-state index contributed by atoms with van der Waals surface area (Å²) in [5.74, 6) is 1.22. The van der Waals surface area contributed by atoms with E-state index in [1.807, 2.05) is 29.9 Å². The van der Waals surface area contributed by atoms with Crippen molar-refractivity contribution in [1.29, 1.82) is 0 Å². The number of carbonyl (C=O) groups is 1. The van der Waals surface area contributed by atoms with Crippen LogP contribution in [0.3, 0.4) is 0 Å². The Kier molecular flexibility index (Phi) is 6.27. The molecule has 3 N–H and O–H groups in total. The zero-order valence-electron chi connectivity index (χ0n) is 20.1. The molecule has 1 aliphatic rings. The van der Waals surface area contributed by atoms with Gasteiger partial charge in [-0.05, 0) is 65.2 Å². The molecule has 5 rings (SSSR count). The standard InChI is InChI=1S/C25H29BrN8O/c1-4-18(27)16-10-15(11-19-21(16)30-8-7-29-19)34-23-17(22(26)33-34)13-31-20(32-23)9-14-5-6-25(2,12-14)24(35)28-3/h7-8,10-11,13-14,18H,4-6,9,12,27H2,1-3H3,(H,28,35)/t14-,18+,25+/m0/s1. The highest BCUT2D eigenvalue weighted by Crippen LogP contribution is 2.42. The molecule has 0 aliphatic heterocycles. The van der Waals surface area contributed by atoms with Gasteiger partial charge in [-0.25, -0.2) is 14.6 Å². The lowest BCUT2D eigenvalue weighted by molar-refractivity contribution is -0.129. The minimum Gasteiger partial charge on any atom is -0.359 e. The zero-order valence-corrected chi connectivity index (χ0v) is 21.7. The molecule has 9 nitrogen and oxygen atoms in total. The second kappa shape index (κ2) is 9.23. The largest absolute Gasteiger partial charge is 0.359 e. The molecule has 182 valence electrons. The molecule has 0 spiro atoms. The van der Waals surface area contributed by atoms with E-state index < -0.39 is 0 Å². The summed E-state index contributed by atoms with van der Waals surface area (Å²) >= 11 is 3.57. The molecule has 4 aromatic rings. The maximum Gasteiger partial charge on any atom is 0.225 e. The quantitative estimate of drug-likeness (QED) is 0.381. The Balaban J connectivity index is 1.53. The molecule has 0 bridgehead atoms.